The monoisotopic (exact) mass is 343 g/mol. The molecule has 20 heavy (non-hydrogen) atoms. The van der Waals surface area contributed by atoms with Crippen molar-refractivity contribution in [2.75, 3.05) is 20.3 Å². The van der Waals surface area contributed by atoms with Crippen LogP contribution in [0.1, 0.15) is 37.0 Å². The quantitative estimate of drug-likeness (QED) is 0.827. The number of nitrogens with zero attached hydrogens (tertiary/aromatic N) is 1. The molecule has 5 heteroatoms. The van der Waals surface area contributed by atoms with Gasteiger partial charge in [-0.05, 0) is 47.0 Å². The second-order valence-corrected chi connectivity index (χ2v) is 5.40. The predicted octanol–water partition coefficient (Wildman–Crippen LogP) is 3.08. The van der Waals surface area contributed by atoms with Crippen molar-refractivity contribution >= 4 is 21.8 Å². The summed E-state index contributed by atoms with van der Waals surface area (Å²) in [7, 11) is 1.59. The van der Waals surface area contributed by atoms with Crippen molar-refractivity contribution in [2.45, 2.75) is 32.7 Å². The number of halogens is 1. The maximum absolute atomic E-state index is 12.6. The van der Waals surface area contributed by atoms with Crippen LogP contribution in [0, 0.1) is 0 Å². The molecule has 0 heterocycles. The van der Waals surface area contributed by atoms with E-state index >= 15 is 0 Å². The Labute approximate surface area is 128 Å². The normalized spacial score (nSPS) is 10.7. The van der Waals surface area contributed by atoms with E-state index < -0.39 is 0 Å². The summed E-state index contributed by atoms with van der Waals surface area (Å²) in [5.41, 5.74) is 0.595. The summed E-state index contributed by atoms with van der Waals surface area (Å²) in [6.45, 7) is 4.43. The molecule has 0 aliphatic rings. The van der Waals surface area contributed by atoms with Gasteiger partial charge in [-0.25, -0.2) is 0 Å². The summed E-state index contributed by atoms with van der Waals surface area (Å²) in [6, 6.07) is 5.42. The number of rotatable bonds is 7. The van der Waals surface area contributed by atoms with Crippen LogP contribution in [0.3, 0.4) is 0 Å². The van der Waals surface area contributed by atoms with Crippen molar-refractivity contribution in [2.24, 2.45) is 0 Å². The number of methoxy groups -OCH3 is 1. The minimum Gasteiger partial charge on any atom is -0.496 e. The zero-order valence-corrected chi connectivity index (χ0v) is 13.8. The van der Waals surface area contributed by atoms with Gasteiger partial charge < -0.3 is 14.7 Å². The van der Waals surface area contributed by atoms with Gasteiger partial charge in [-0.15, -0.1) is 0 Å². The Morgan fingerprint density at radius 1 is 1.40 bits per heavy atom. The van der Waals surface area contributed by atoms with Gasteiger partial charge in [0.1, 0.15) is 5.75 Å². The maximum Gasteiger partial charge on any atom is 0.254 e. The van der Waals surface area contributed by atoms with Crippen LogP contribution in [0.15, 0.2) is 22.7 Å². The van der Waals surface area contributed by atoms with Gasteiger partial charge in [0.05, 0.1) is 18.2 Å². The summed E-state index contributed by atoms with van der Waals surface area (Å²) in [5, 5.41) is 9.19. The van der Waals surface area contributed by atoms with Gasteiger partial charge in [0.25, 0.3) is 5.91 Å². The molecule has 1 aromatic rings. The number of hydrogen-bond acceptors (Lipinski definition) is 3. The first kappa shape index (κ1) is 17.0. The fraction of sp³-hybridized carbons (Fsp3) is 0.533. The average Bonchev–Trinajstić information content (AvgIpc) is 2.46. The molecule has 1 rings (SSSR count). The van der Waals surface area contributed by atoms with E-state index in [-0.39, 0.29) is 18.6 Å². The van der Waals surface area contributed by atoms with Crippen molar-refractivity contribution in [3.8, 4) is 5.75 Å². The van der Waals surface area contributed by atoms with Crippen LogP contribution in [-0.2, 0) is 0 Å². The minimum absolute atomic E-state index is 0.0282. The van der Waals surface area contributed by atoms with E-state index in [0.717, 1.165) is 17.3 Å². The van der Waals surface area contributed by atoms with Crippen LogP contribution < -0.4 is 4.74 Å². The predicted molar refractivity (Wildman–Crippen MR) is 83.2 cm³/mol. The highest BCUT2D eigenvalue weighted by atomic mass is 79.9. The van der Waals surface area contributed by atoms with Gasteiger partial charge in [0.15, 0.2) is 0 Å². The molecule has 0 aliphatic carbocycles. The summed E-state index contributed by atoms with van der Waals surface area (Å²) < 4.78 is 5.92. The highest BCUT2D eigenvalue weighted by Crippen LogP contribution is 2.26. The fourth-order valence-electron chi connectivity index (χ4n) is 2.25. The fourth-order valence-corrected chi connectivity index (χ4v) is 2.79. The van der Waals surface area contributed by atoms with Crippen LogP contribution >= 0.6 is 15.9 Å². The lowest BCUT2D eigenvalue weighted by Gasteiger charge is -2.30. The minimum atomic E-state index is -0.0592. The highest BCUT2D eigenvalue weighted by Gasteiger charge is 2.22. The Balaban J connectivity index is 3.02. The molecule has 112 valence electrons. The van der Waals surface area contributed by atoms with Gasteiger partial charge in [0, 0.05) is 18.2 Å². The second-order valence-electron chi connectivity index (χ2n) is 4.54. The van der Waals surface area contributed by atoms with Crippen molar-refractivity contribution < 1.29 is 14.6 Å². The van der Waals surface area contributed by atoms with E-state index in [2.05, 4.69) is 29.8 Å². The molecule has 4 nitrogen and oxygen atoms in total. The third-order valence-electron chi connectivity index (χ3n) is 3.38. The molecule has 1 amide bonds. The topological polar surface area (TPSA) is 49.8 Å². The number of hydrogen-bond donors (Lipinski definition) is 1. The van der Waals surface area contributed by atoms with Crippen molar-refractivity contribution in [1.82, 2.24) is 4.90 Å². The molecular formula is C15H22BrNO3. The van der Waals surface area contributed by atoms with Crippen LogP contribution in [0.4, 0.5) is 0 Å². The van der Waals surface area contributed by atoms with Crippen LogP contribution in [0.5, 0.6) is 5.75 Å². The van der Waals surface area contributed by atoms with Crippen LogP contribution in [0.2, 0.25) is 0 Å². The number of amides is 1. The Bertz CT molecular complexity index is 447. The zero-order valence-electron chi connectivity index (χ0n) is 12.2. The Morgan fingerprint density at radius 3 is 2.50 bits per heavy atom. The van der Waals surface area contributed by atoms with Gasteiger partial charge in [-0.1, -0.05) is 13.8 Å². The Kier molecular flexibility index (Phi) is 7.02. The number of benzene rings is 1. The molecule has 1 N–H and O–H groups in total. The molecule has 0 fully saturated rings. The molecule has 1 aromatic carbocycles. The van der Waals surface area contributed by atoms with Crippen molar-refractivity contribution in [1.29, 1.82) is 0 Å². The lowest BCUT2D eigenvalue weighted by Crippen LogP contribution is -2.41. The number of ether oxygens (including phenoxy) is 1. The first-order valence-corrected chi connectivity index (χ1v) is 7.63. The van der Waals surface area contributed by atoms with Gasteiger partial charge in [-0.3, -0.25) is 4.79 Å². The van der Waals surface area contributed by atoms with Crippen LogP contribution in [0.25, 0.3) is 0 Å². The number of carbonyl (C=O) groups excluding carboxylic acids is 1. The lowest BCUT2D eigenvalue weighted by atomic mass is 10.1. The Hall–Kier alpha value is -1.07. The molecule has 0 aromatic heterocycles. The molecular weight excluding hydrogens is 322 g/mol. The summed E-state index contributed by atoms with van der Waals surface area (Å²) in [6.07, 6.45) is 1.75. The van der Waals surface area contributed by atoms with Gasteiger partial charge in [0.2, 0.25) is 0 Å². The van der Waals surface area contributed by atoms with Gasteiger partial charge in [-0.2, -0.15) is 0 Å². The molecule has 0 unspecified atom stereocenters. The first-order chi connectivity index (χ1) is 9.58. The van der Waals surface area contributed by atoms with Crippen molar-refractivity contribution in [3.63, 3.8) is 0 Å². The first-order valence-electron chi connectivity index (χ1n) is 6.84. The maximum atomic E-state index is 12.6. The standard InChI is InChI=1S/C15H22BrNO3/c1-4-12(5-2)17(8-9-18)15(19)11-6-7-14(20-3)13(16)10-11/h6-7,10,12,18H,4-5,8-9H2,1-3H3. The molecule has 0 saturated heterocycles. The van der Waals surface area contributed by atoms with E-state index in [1.54, 1.807) is 30.2 Å². The van der Waals surface area contributed by atoms with E-state index in [0.29, 0.717) is 17.9 Å². The molecule has 0 radical (unpaired) electrons. The van der Waals surface area contributed by atoms with E-state index in [9.17, 15) is 9.90 Å². The van der Waals surface area contributed by atoms with Crippen LogP contribution in [-0.4, -0.2) is 42.2 Å². The van der Waals surface area contributed by atoms with E-state index in [1.807, 2.05) is 0 Å². The summed E-state index contributed by atoms with van der Waals surface area (Å²) in [4.78, 5) is 14.3. The van der Waals surface area contributed by atoms with Gasteiger partial charge >= 0.3 is 0 Å². The molecule has 0 aliphatic heterocycles. The van der Waals surface area contributed by atoms with E-state index in [1.165, 1.54) is 0 Å². The van der Waals surface area contributed by atoms with E-state index in [4.69, 9.17) is 4.74 Å². The largest absolute Gasteiger partial charge is 0.496 e. The summed E-state index contributed by atoms with van der Waals surface area (Å²) in [5.74, 6) is 0.633. The number of carbonyl (C=O) groups is 1. The van der Waals surface area contributed by atoms with Crippen molar-refractivity contribution in [3.05, 3.63) is 28.2 Å². The zero-order chi connectivity index (χ0) is 15.1. The smallest absolute Gasteiger partial charge is 0.254 e. The Morgan fingerprint density at radius 2 is 2.05 bits per heavy atom. The number of aliphatic hydroxyl groups is 1. The number of aliphatic hydroxyl groups excluding tert-OH is 1. The second kappa shape index (κ2) is 8.27. The third-order valence-corrected chi connectivity index (χ3v) is 4.00. The third kappa shape index (κ3) is 3.96. The molecule has 0 saturated carbocycles. The summed E-state index contributed by atoms with van der Waals surface area (Å²) >= 11 is 3.39. The molecule has 0 spiro atoms. The molecule has 0 bridgehead atoms. The highest BCUT2D eigenvalue weighted by molar-refractivity contribution is 9.10. The molecule has 0 atom stereocenters. The average molecular weight is 344 g/mol. The lowest BCUT2D eigenvalue weighted by molar-refractivity contribution is 0.0622. The SMILES string of the molecule is CCC(CC)N(CCO)C(=O)c1ccc(OC)c(Br)c1.